The Kier molecular flexibility index (Phi) is 3.59. The summed E-state index contributed by atoms with van der Waals surface area (Å²) in [6, 6.07) is 5.82. The fourth-order valence-electron chi connectivity index (χ4n) is 3.72. The SMILES string of the molecule is O=C(NCCc1c[nH]c2ccc(Cl)cc12)[C@H]1C[C@H]2CC[C@H]1O2. The predicted molar refractivity (Wildman–Crippen MR) is 86.0 cm³/mol. The van der Waals surface area contributed by atoms with E-state index in [0.717, 1.165) is 41.6 Å². The Hall–Kier alpha value is -1.52. The molecule has 1 amide bonds. The highest BCUT2D eigenvalue weighted by atomic mass is 35.5. The Labute approximate surface area is 134 Å². The number of benzene rings is 1. The Morgan fingerprint density at radius 3 is 3.09 bits per heavy atom. The first-order valence-corrected chi connectivity index (χ1v) is 8.27. The molecule has 3 heterocycles. The summed E-state index contributed by atoms with van der Waals surface area (Å²) in [5.74, 6) is 0.196. The maximum Gasteiger partial charge on any atom is 0.225 e. The minimum atomic E-state index is 0.0520. The van der Waals surface area contributed by atoms with Crippen molar-refractivity contribution in [2.45, 2.75) is 37.9 Å². The van der Waals surface area contributed by atoms with Gasteiger partial charge < -0.3 is 15.0 Å². The molecule has 0 saturated carbocycles. The van der Waals surface area contributed by atoms with E-state index in [0.29, 0.717) is 12.6 Å². The van der Waals surface area contributed by atoms with Crippen LogP contribution in [0.25, 0.3) is 10.9 Å². The lowest BCUT2D eigenvalue weighted by Crippen LogP contribution is -2.36. The molecule has 1 aromatic heterocycles. The van der Waals surface area contributed by atoms with Gasteiger partial charge in [0.1, 0.15) is 0 Å². The third-order valence-corrected chi connectivity index (χ3v) is 5.10. The van der Waals surface area contributed by atoms with E-state index in [-0.39, 0.29) is 17.9 Å². The van der Waals surface area contributed by atoms with Crippen LogP contribution in [0.3, 0.4) is 0 Å². The second-order valence-corrected chi connectivity index (χ2v) is 6.70. The Morgan fingerprint density at radius 2 is 2.32 bits per heavy atom. The van der Waals surface area contributed by atoms with E-state index in [4.69, 9.17) is 16.3 Å². The number of aromatic amines is 1. The largest absolute Gasteiger partial charge is 0.374 e. The van der Waals surface area contributed by atoms with Gasteiger partial charge in [0, 0.05) is 28.7 Å². The first-order chi connectivity index (χ1) is 10.7. The van der Waals surface area contributed by atoms with Gasteiger partial charge in [-0.25, -0.2) is 0 Å². The molecule has 2 aliphatic rings. The number of ether oxygens (including phenoxy) is 1. The first kappa shape index (κ1) is 14.1. The Morgan fingerprint density at radius 1 is 1.41 bits per heavy atom. The lowest BCUT2D eigenvalue weighted by Gasteiger charge is -2.17. The highest BCUT2D eigenvalue weighted by Crippen LogP contribution is 2.38. The van der Waals surface area contributed by atoms with E-state index in [1.165, 1.54) is 5.56 Å². The third kappa shape index (κ3) is 2.50. The summed E-state index contributed by atoms with van der Waals surface area (Å²) in [5.41, 5.74) is 2.26. The second kappa shape index (κ2) is 5.60. The number of hydrogen-bond acceptors (Lipinski definition) is 2. The molecule has 4 nitrogen and oxygen atoms in total. The summed E-state index contributed by atoms with van der Waals surface area (Å²) in [4.78, 5) is 15.5. The standard InChI is InChI=1S/C17H19ClN2O2/c18-11-1-3-15-13(7-11)10(9-20-15)5-6-19-17(21)14-8-12-2-4-16(14)22-12/h1,3,7,9,12,14,16,20H,2,4-6,8H2,(H,19,21)/t12-,14+,16-/m1/s1. The van der Waals surface area contributed by atoms with E-state index in [2.05, 4.69) is 10.3 Å². The summed E-state index contributed by atoms with van der Waals surface area (Å²) in [6.45, 7) is 0.645. The van der Waals surface area contributed by atoms with Crippen LogP contribution in [0.15, 0.2) is 24.4 Å². The monoisotopic (exact) mass is 318 g/mol. The number of carbonyl (C=O) groups is 1. The molecule has 0 radical (unpaired) electrons. The molecule has 0 aliphatic carbocycles. The molecule has 0 spiro atoms. The molecule has 22 heavy (non-hydrogen) atoms. The van der Waals surface area contributed by atoms with Gasteiger partial charge in [-0.15, -0.1) is 0 Å². The molecule has 2 N–H and O–H groups in total. The van der Waals surface area contributed by atoms with Crippen molar-refractivity contribution in [3.63, 3.8) is 0 Å². The van der Waals surface area contributed by atoms with E-state index in [9.17, 15) is 4.79 Å². The lowest BCUT2D eigenvalue weighted by atomic mass is 9.88. The van der Waals surface area contributed by atoms with Crippen molar-refractivity contribution in [3.8, 4) is 0 Å². The zero-order valence-electron chi connectivity index (χ0n) is 12.3. The molecule has 1 aromatic carbocycles. The van der Waals surface area contributed by atoms with Crippen LogP contribution < -0.4 is 5.32 Å². The molecule has 4 rings (SSSR count). The summed E-state index contributed by atoms with van der Waals surface area (Å²) in [6.07, 6.45) is 6.29. The van der Waals surface area contributed by atoms with Gasteiger partial charge in [-0.3, -0.25) is 4.79 Å². The second-order valence-electron chi connectivity index (χ2n) is 6.26. The quantitative estimate of drug-likeness (QED) is 0.910. The molecular weight excluding hydrogens is 300 g/mol. The fraction of sp³-hybridized carbons (Fsp3) is 0.471. The van der Waals surface area contributed by atoms with E-state index >= 15 is 0 Å². The van der Waals surface area contributed by atoms with Crippen molar-refractivity contribution >= 4 is 28.4 Å². The molecular formula is C17H19ClN2O2. The van der Waals surface area contributed by atoms with Gasteiger partial charge >= 0.3 is 0 Å². The van der Waals surface area contributed by atoms with Crippen molar-refractivity contribution in [3.05, 3.63) is 35.0 Å². The highest BCUT2D eigenvalue weighted by molar-refractivity contribution is 6.31. The average molecular weight is 319 g/mol. The molecule has 3 atom stereocenters. The predicted octanol–water partition coefficient (Wildman–Crippen LogP) is 3.05. The minimum Gasteiger partial charge on any atom is -0.374 e. The van der Waals surface area contributed by atoms with E-state index < -0.39 is 0 Å². The number of halogens is 1. The number of amides is 1. The zero-order valence-corrected chi connectivity index (χ0v) is 13.0. The van der Waals surface area contributed by atoms with Crippen LogP contribution in [0, 0.1) is 5.92 Å². The van der Waals surface area contributed by atoms with Crippen molar-refractivity contribution < 1.29 is 9.53 Å². The van der Waals surface area contributed by atoms with Gasteiger partial charge in [-0.2, -0.15) is 0 Å². The molecule has 2 bridgehead atoms. The van der Waals surface area contributed by atoms with Gasteiger partial charge in [0.05, 0.1) is 18.1 Å². The normalized spacial score (nSPS) is 26.7. The number of rotatable bonds is 4. The average Bonchev–Trinajstić information content (AvgIpc) is 3.22. The molecule has 2 saturated heterocycles. The summed E-state index contributed by atoms with van der Waals surface area (Å²) in [7, 11) is 0. The maximum atomic E-state index is 12.3. The van der Waals surface area contributed by atoms with Crippen LogP contribution in [-0.2, 0) is 16.0 Å². The highest BCUT2D eigenvalue weighted by Gasteiger charge is 2.44. The molecule has 0 unspecified atom stereocenters. The number of carbonyl (C=O) groups excluding carboxylic acids is 1. The van der Waals surface area contributed by atoms with E-state index in [1.54, 1.807) is 0 Å². The van der Waals surface area contributed by atoms with E-state index in [1.807, 2.05) is 24.4 Å². The van der Waals surface area contributed by atoms with Crippen LogP contribution in [-0.4, -0.2) is 29.6 Å². The molecule has 2 fully saturated rings. The van der Waals surface area contributed by atoms with Crippen LogP contribution in [0.1, 0.15) is 24.8 Å². The van der Waals surface area contributed by atoms with Crippen molar-refractivity contribution in [1.29, 1.82) is 0 Å². The number of hydrogen-bond donors (Lipinski definition) is 2. The van der Waals surface area contributed by atoms with Crippen LogP contribution >= 0.6 is 11.6 Å². The Balaban J connectivity index is 1.36. The number of H-pyrrole nitrogens is 1. The summed E-state index contributed by atoms with van der Waals surface area (Å²) >= 11 is 6.06. The molecule has 2 aromatic rings. The minimum absolute atomic E-state index is 0.0520. The van der Waals surface area contributed by atoms with Crippen LogP contribution in [0.2, 0.25) is 5.02 Å². The molecule has 5 heteroatoms. The number of nitrogens with one attached hydrogen (secondary N) is 2. The van der Waals surface area contributed by atoms with Crippen molar-refractivity contribution in [2.75, 3.05) is 6.54 Å². The van der Waals surface area contributed by atoms with Gasteiger partial charge in [-0.1, -0.05) is 11.6 Å². The van der Waals surface area contributed by atoms with Crippen LogP contribution in [0.4, 0.5) is 0 Å². The van der Waals surface area contributed by atoms with Gasteiger partial charge in [0.15, 0.2) is 0 Å². The zero-order chi connectivity index (χ0) is 15.1. The van der Waals surface area contributed by atoms with Gasteiger partial charge in [0.25, 0.3) is 0 Å². The molecule has 2 aliphatic heterocycles. The lowest BCUT2D eigenvalue weighted by molar-refractivity contribution is -0.126. The van der Waals surface area contributed by atoms with Crippen molar-refractivity contribution in [2.24, 2.45) is 5.92 Å². The summed E-state index contributed by atoms with van der Waals surface area (Å²) < 4.78 is 5.75. The maximum absolute atomic E-state index is 12.3. The smallest absolute Gasteiger partial charge is 0.225 e. The Bertz CT molecular complexity index is 712. The van der Waals surface area contributed by atoms with Crippen molar-refractivity contribution in [1.82, 2.24) is 10.3 Å². The van der Waals surface area contributed by atoms with Gasteiger partial charge in [-0.05, 0) is 49.4 Å². The number of aromatic nitrogens is 1. The fourth-order valence-corrected chi connectivity index (χ4v) is 3.89. The summed E-state index contributed by atoms with van der Waals surface area (Å²) in [5, 5.41) is 4.92. The van der Waals surface area contributed by atoms with Gasteiger partial charge in [0.2, 0.25) is 5.91 Å². The molecule has 116 valence electrons. The van der Waals surface area contributed by atoms with Crippen LogP contribution in [0.5, 0.6) is 0 Å². The topological polar surface area (TPSA) is 54.1 Å². The third-order valence-electron chi connectivity index (χ3n) is 4.87. The first-order valence-electron chi connectivity index (χ1n) is 7.89. The number of fused-ring (bicyclic) bond motifs is 3.